The molecule has 0 aliphatic heterocycles. The minimum absolute atomic E-state index is 0.261. The van der Waals surface area contributed by atoms with E-state index < -0.39 is 3.64 Å². The maximum atomic E-state index is 13.0. The minimum atomic E-state index is -1.94. The van der Waals surface area contributed by atoms with Crippen molar-refractivity contribution in [1.82, 2.24) is 0 Å². The maximum Gasteiger partial charge on any atom is 0.123 e. The van der Waals surface area contributed by atoms with Crippen LogP contribution in [0.25, 0.3) is 0 Å². The molecule has 116 valence electrons. The molecule has 0 spiro atoms. The highest BCUT2D eigenvalue weighted by Crippen LogP contribution is 2.81. The Bertz CT molecular complexity index is 619. The normalized spacial score (nSPS) is 11.4. The van der Waals surface area contributed by atoms with Crippen LogP contribution in [0.15, 0.2) is 71.0 Å². The summed E-state index contributed by atoms with van der Waals surface area (Å²) in [4.78, 5) is 1.88. The first-order valence-electron chi connectivity index (χ1n) is 6.26. The second kappa shape index (κ2) is 8.55. The third-order valence-corrected chi connectivity index (χ3v) is 15.4. The molecular formula is C15H13F2PS4. The molecule has 7 heteroatoms. The molecule has 0 bridgehead atoms. The summed E-state index contributed by atoms with van der Waals surface area (Å²) >= 11 is 10.7. The van der Waals surface area contributed by atoms with Crippen molar-refractivity contribution in [2.75, 3.05) is 5.75 Å². The van der Waals surface area contributed by atoms with Crippen LogP contribution in [0.3, 0.4) is 0 Å². The second-order valence-electron chi connectivity index (χ2n) is 4.12. The van der Waals surface area contributed by atoms with Gasteiger partial charge in [-0.1, -0.05) is 52.0 Å². The van der Waals surface area contributed by atoms with Gasteiger partial charge in [-0.25, -0.2) is 8.78 Å². The zero-order chi connectivity index (χ0) is 16.0. The lowest BCUT2D eigenvalue weighted by Crippen LogP contribution is -1.77. The predicted molar refractivity (Wildman–Crippen MR) is 101 cm³/mol. The highest BCUT2D eigenvalue weighted by Gasteiger charge is 2.21. The van der Waals surface area contributed by atoms with Gasteiger partial charge in [0.2, 0.25) is 0 Å². The van der Waals surface area contributed by atoms with Crippen molar-refractivity contribution >= 4 is 49.6 Å². The Morgan fingerprint density at radius 3 is 1.68 bits per heavy atom. The van der Waals surface area contributed by atoms with E-state index in [0.29, 0.717) is 0 Å². The summed E-state index contributed by atoms with van der Waals surface area (Å²) in [6.45, 7) is 3.73. The van der Waals surface area contributed by atoms with Crippen LogP contribution in [-0.4, -0.2) is 5.75 Å². The zero-order valence-corrected chi connectivity index (χ0v) is 15.6. The van der Waals surface area contributed by atoms with E-state index >= 15 is 0 Å². The highest BCUT2D eigenvalue weighted by atomic mass is 33.5. The Labute approximate surface area is 146 Å². The number of hydrogen-bond donors (Lipinski definition) is 0. The summed E-state index contributed by atoms with van der Waals surface area (Å²) in [5, 5.41) is 0. The molecule has 2 aromatic rings. The molecule has 0 unspecified atom stereocenters. The largest absolute Gasteiger partial charge is 0.207 e. The van der Waals surface area contributed by atoms with Crippen LogP contribution >= 0.6 is 37.8 Å². The Morgan fingerprint density at radius 2 is 1.32 bits per heavy atom. The molecule has 0 nitrogen and oxygen atoms in total. The van der Waals surface area contributed by atoms with Crippen molar-refractivity contribution < 1.29 is 8.78 Å². The molecule has 0 N–H and O–H groups in total. The van der Waals surface area contributed by atoms with E-state index in [4.69, 9.17) is 11.8 Å². The molecule has 0 aliphatic carbocycles. The maximum absolute atomic E-state index is 13.0. The zero-order valence-electron chi connectivity index (χ0n) is 11.4. The molecule has 0 fully saturated rings. The van der Waals surface area contributed by atoms with Crippen LogP contribution in [-0.2, 0) is 11.8 Å². The van der Waals surface area contributed by atoms with Gasteiger partial charge in [-0.05, 0) is 48.5 Å². The average molecular weight is 391 g/mol. The third kappa shape index (κ3) is 5.74. The molecule has 0 radical (unpaired) electrons. The number of halogens is 2. The van der Waals surface area contributed by atoms with Gasteiger partial charge in [0.05, 0.1) is 0 Å². The summed E-state index contributed by atoms with van der Waals surface area (Å²) < 4.78 is 24.1. The Hall–Kier alpha value is -0.260. The van der Waals surface area contributed by atoms with Gasteiger partial charge in [-0.3, -0.25) is 0 Å². The highest BCUT2D eigenvalue weighted by molar-refractivity contribution is 9.23. The van der Waals surface area contributed by atoms with E-state index in [-0.39, 0.29) is 11.6 Å². The molecular weight excluding hydrogens is 377 g/mol. The molecule has 0 saturated carbocycles. The van der Waals surface area contributed by atoms with Gasteiger partial charge < -0.3 is 0 Å². The SMILES string of the molecule is C=CCSP(=S)(Sc1ccc(F)cc1)Sc1ccc(F)cc1. The first kappa shape index (κ1) is 18.1. The summed E-state index contributed by atoms with van der Waals surface area (Å²) in [5.41, 5.74) is 0. The average Bonchev–Trinajstić information content (AvgIpc) is 2.50. The standard InChI is InChI=1S/C15H13F2PS4/c1-2-11-20-18(19,21-14-7-3-12(16)4-8-14)22-15-9-5-13(17)6-10-15/h2-10H,1,11H2. The van der Waals surface area contributed by atoms with E-state index in [9.17, 15) is 8.78 Å². The van der Waals surface area contributed by atoms with E-state index in [0.717, 1.165) is 15.5 Å². The van der Waals surface area contributed by atoms with E-state index in [1.807, 2.05) is 6.08 Å². The van der Waals surface area contributed by atoms with Crippen molar-refractivity contribution in [3.8, 4) is 0 Å². The molecule has 22 heavy (non-hydrogen) atoms. The molecule has 2 aromatic carbocycles. The van der Waals surface area contributed by atoms with Gasteiger partial charge in [0.25, 0.3) is 0 Å². The minimum Gasteiger partial charge on any atom is -0.207 e. The first-order chi connectivity index (χ1) is 10.5. The van der Waals surface area contributed by atoms with Gasteiger partial charge in [0.15, 0.2) is 0 Å². The molecule has 0 aromatic heterocycles. The fourth-order valence-corrected chi connectivity index (χ4v) is 14.1. The van der Waals surface area contributed by atoms with E-state index in [1.165, 1.54) is 24.3 Å². The van der Waals surface area contributed by atoms with Crippen LogP contribution < -0.4 is 0 Å². The fourth-order valence-electron chi connectivity index (χ4n) is 1.46. The van der Waals surface area contributed by atoms with Gasteiger partial charge in [0.1, 0.15) is 15.3 Å². The van der Waals surface area contributed by atoms with Gasteiger partial charge in [-0.2, -0.15) is 0 Å². The lowest BCUT2D eigenvalue weighted by atomic mass is 10.4. The lowest BCUT2D eigenvalue weighted by molar-refractivity contribution is 0.626. The van der Waals surface area contributed by atoms with Crippen LogP contribution in [0.4, 0.5) is 8.78 Å². The fraction of sp³-hybridized carbons (Fsp3) is 0.0667. The summed E-state index contributed by atoms with van der Waals surface area (Å²) in [6.07, 6.45) is 1.82. The van der Waals surface area contributed by atoms with Crippen LogP contribution in [0.5, 0.6) is 0 Å². The van der Waals surface area contributed by atoms with Crippen molar-refractivity contribution in [3.63, 3.8) is 0 Å². The van der Waals surface area contributed by atoms with Crippen molar-refractivity contribution in [2.45, 2.75) is 9.79 Å². The number of benzene rings is 2. The van der Waals surface area contributed by atoms with Gasteiger partial charge >= 0.3 is 0 Å². The quantitative estimate of drug-likeness (QED) is 0.369. The molecule has 2 rings (SSSR count). The van der Waals surface area contributed by atoms with Crippen molar-refractivity contribution in [3.05, 3.63) is 72.8 Å². The summed E-state index contributed by atoms with van der Waals surface area (Å²) in [6, 6.07) is 12.7. The number of hydrogen-bond acceptors (Lipinski definition) is 4. The van der Waals surface area contributed by atoms with E-state index in [1.54, 1.807) is 58.4 Å². The van der Waals surface area contributed by atoms with Crippen molar-refractivity contribution in [1.29, 1.82) is 0 Å². The number of rotatable bonds is 7. The third-order valence-electron chi connectivity index (χ3n) is 2.41. The van der Waals surface area contributed by atoms with Gasteiger partial charge in [-0.15, -0.1) is 6.58 Å². The topological polar surface area (TPSA) is 0 Å². The van der Waals surface area contributed by atoms with E-state index in [2.05, 4.69) is 6.58 Å². The molecule has 0 amide bonds. The first-order valence-corrected chi connectivity index (χ1v) is 13.5. The van der Waals surface area contributed by atoms with Crippen LogP contribution in [0.1, 0.15) is 0 Å². The Morgan fingerprint density at radius 1 is 0.909 bits per heavy atom. The van der Waals surface area contributed by atoms with Crippen LogP contribution in [0.2, 0.25) is 0 Å². The molecule has 0 aliphatic rings. The molecule has 0 atom stereocenters. The lowest BCUT2D eigenvalue weighted by Gasteiger charge is -2.19. The molecule has 0 saturated heterocycles. The van der Waals surface area contributed by atoms with Crippen molar-refractivity contribution in [2.24, 2.45) is 0 Å². The summed E-state index contributed by atoms with van der Waals surface area (Å²) in [5.74, 6) is 0.227. The Kier molecular flexibility index (Phi) is 7.03. The summed E-state index contributed by atoms with van der Waals surface area (Å²) in [7, 11) is 0. The van der Waals surface area contributed by atoms with Crippen LogP contribution in [0, 0.1) is 11.6 Å². The predicted octanol–water partition coefficient (Wildman–Crippen LogP) is 6.99. The molecule has 0 heterocycles. The smallest absolute Gasteiger partial charge is 0.123 e. The Balaban J connectivity index is 2.18. The van der Waals surface area contributed by atoms with Gasteiger partial charge in [0, 0.05) is 15.5 Å². The second-order valence-corrected chi connectivity index (χ2v) is 19.5. The monoisotopic (exact) mass is 390 g/mol.